The van der Waals surface area contributed by atoms with Gasteiger partial charge in [-0.05, 0) is 48.9 Å². The van der Waals surface area contributed by atoms with Crippen LogP contribution in [0.3, 0.4) is 0 Å². The smallest absolute Gasteiger partial charge is 0.133 e. The van der Waals surface area contributed by atoms with Crippen molar-refractivity contribution in [1.82, 2.24) is 0 Å². The summed E-state index contributed by atoms with van der Waals surface area (Å²) in [7, 11) is 1.60. The van der Waals surface area contributed by atoms with Gasteiger partial charge < -0.3 is 9.84 Å². The van der Waals surface area contributed by atoms with Crippen molar-refractivity contribution in [3.05, 3.63) is 11.5 Å². The van der Waals surface area contributed by atoms with E-state index >= 15 is 0 Å². The molecule has 5 atom stereocenters. The average molecular weight is 298 g/mol. The molecule has 122 valence electrons. The lowest BCUT2D eigenvalue weighted by atomic mass is 9.64. The quantitative estimate of drug-likeness (QED) is 0.597. The number of allylic oxidation sites excluding steroid dienone is 1. The van der Waals surface area contributed by atoms with Crippen LogP contribution in [-0.4, -0.2) is 23.6 Å². The Morgan fingerprint density at radius 2 is 1.86 bits per heavy atom. The first kappa shape index (κ1) is 16.6. The molecule has 0 saturated heterocycles. The first-order valence-corrected chi connectivity index (χ1v) is 8.23. The zero-order chi connectivity index (χ0) is 15.6. The van der Waals surface area contributed by atoms with Crippen molar-refractivity contribution in [1.29, 1.82) is 0 Å². The normalized spacial score (nSPS) is 37.9. The van der Waals surface area contributed by atoms with Gasteiger partial charge in [-0.1, -0.05) is 20.8 Å². The summed E-state index contributed by atoms with van der Waals surface area (Å²) in [5.41, 5.74) is 0. The van der Waals surface area contributed by atoms with Crippen LogP contribution < -0.4 is 0 Å². The average Bonchev–Trinajstić information content (AvgIpc) is 2.47. The third-order valence-corrected chi connectivity index (χ3v) is 5.77. The van der Waals surface area contributed by atoms with Crippen molar-refractivity contribution in [2.45, 2.75) is 59.0 Å². The molecule has 0 aromatic rings. The van der Waals surface area contributed by atoms with E-state index in [9.17, 15) is 10.4 Å². The Bertz CT molecular complexity index is 377. The van der Waals surface area contributed by atoms with Gasteiger partial charge in [0.2, 0.25) is 0 Å². The maximum Gasteiger partial charge on any atom is 0.133 e. The molecule has 0 aromatic heterocycles. The van der Waals surface area contributed by atoms with Gasteiger partial charge in [0, 0.05) is 12.8 Å². The van der Waals surface area contributed by atoms with Crippen LogP contribution in [0.1, 0.15) is 52.9 Å². The van der Waals surface area contributed by atoms with Gasteiger partial charge in [-0.25, -0.2) is 4.89 Å². The van der Waals surface area contributed by atoms with Crippen molar-refractivity contribution in [2.24, 2.45) is 29.6 Å². The molecule has 2 aliphatic rings. The van der Waals surface area contributed by atoms with E-state index in [0.29, 0.717) is 30.4 Å². The highest BCUT2D eigenvalue weighted by atomic mass is 17.1. The molecule has 1 saturated carbocycles. The molecular formula is C17H30O4. The number of ether oxygens (including phenoxy) is 1. The van der Waals surface area contributed by atoms with Crippen LogP contribution in [0.5, 0.6) is 0 Å². The Labute approximate surface area is 128 Å². The van der Waals surface area contributed by atoms with E-state index in [1.165, 1.54) is 19.3 Å². The molecule has 4 heteroatoms. The van der Waals surface area contributed by atoms with Gasteiger partial charge in [-0.15, -0.1) is 0 Å². The fourth-order valence-electron chi connectivity index (χ4n) is 4.37. The largest absolute Gasteiger partial charge is 0.509 e. The van der Waals surface area contributed by atoms with Gasteiger partial charge in [0.1, 0.15) is 17.6 Å². The summed E-state index contributed by atoms with van der Waals surface area (Å²) in [5.74, 6) is 3.79. The fraction of sp³-hybridized carbons (Fsp3) is 0.882. The van der Waals surface area contributed by atoms with Gasteiger partial charge in [0.25, 0.3) is 0 Å². The molecule has 0 aliphatic heterocycles. The highest BCUT2D eigenvalue weighted by Crippen LogP contribution is 2.46. The second kappa shape index (κ2) is 7.01. The predicted octanol–water partition coefficient (Wildman–Crippen LogP) is 4.38. The lowest BCUT2D eigenvalue weighted by molar-refractivity contribution is -0.298. The van der Waals surface area contributed by atoms with E-state index in [1.807, 2.05) is 0 Å². The van der Waals surface area contributed by atoms with E-state index in [0.717, 1.165) is 11.8 Å². The van der Waals surface area contributed by atoms with Crippen LogP contribution >= 0.6 is 0 Å². The summed E-state index contributed by atoms with van der Waals surface area (Å²) in [6.45, 7) is 6.93. The number of hydrogen-bond donors (Lipinski definition) is 2. The number of rotatable bonds is 4. The molecule has 2 N–H and O–H groups in total. The van der Waals surface area contributed by atoms with Crippen molar-refractivity contribution in [3.63, 3.8) is 0 Å². The van der Waals surface area contributed by atoms with E-state index in [4.69, 9.17) is 9.62 Å². The Kier molecular flexibility index (Phi) is 5.55. The van der Waals surface area contributed by atoms with Crippen LogP contribution in [0.2, 0.25) is 0 Å². The monoisotopic (exact) mass is 298 g/mol. The number of hydrogen-bond acceptors (Lipinski definition) is 4. The standard InChI is InChI=1S/C17H30O4/c1-10(2)12-5-6-13(11(3)7-12)14-8-17(20-4)15(18)9-16(14)21-19/h10-14,16,18-19H,5-9H2,1-4H3/t11-,12?,13?,14+,16?/m1/s1. The molecule has 2 rings (SSSR count). The van der Waals surface area contributed by atoms with Crippen LogP contribution in [0.25, 0.3) is 0 Å². The van der Waals surface area contributed by atoms with Crippen LogP contribution in [0.15, 0.2) is 11.5 Å². The Hall–Kier alpha value is -0.740. The van der Waals surface area contributed by atoms with E-state index in [2.05, 4.69) is 20.8 Å². The molecule has 1 fully saturated rings. The Morgan fingerprint density at radius 3 is 2.38 bits per heavy atom. The zero-order valence-electron chi connectivity index (χ0n) is 13.7. The minimum Gasteiger partial charge on any atom is -0.509 e. The molecule has 0 aromatic carbocycles. The van der Waals surface area contributed by atoms with Crippen molar-refractivity contribution >= 4 is 0 Å². The number of aliphatic hydroxyl groups excluding tert-OH is 1. The van der Waals surface area contributed by atoms with Crippen molar-refractivity contribution < 1.29 is 20.0 Å². The molecule has 0 spiro atoms. The van der Waals surface area contributed by atoms with Gasteiger partial charge in [0.15, 0.2) is 0 Å². The second-order valence-corrected chi connectivity index (χ2v) is 7.25. The first-order valence-electron chi connectivity index (χ1n) is 8.23. The summed E-state index contributed by atoms with van der Waals surface area (Å²) in [6.07, 6.45) is 4.36. The minimum atomic E-state index is -0.313. The van der Waals surface area contributed by atoms with Crippen LogP contribution in [0.4, 0.5) is 0 Å². The molecular weight excluding hydrogens is 268 g/mol. The van der Waals surface area contributed by atoms with Crippen LogP contribution in [-0.2, 0) is 9.62 Å². The van der Waals surface area contributed by atoms with Gasteiger partial charge in [0.05, 0.1) is 7.11 Å². The molecule has 3 unspecified atom stereocenters. The van der Waals surface area contributed by atoms with Crippen molar-refractivity contribution in [2.75, 3.05) is 7.11 Å². The third-order valence-electron chi connectivity index (χ3n) is 5.77. The highest BCUT2D eigenvalue weighted by molar-refractivity contribution is 5.10. The summed E-state index contributed by atoms with van der Waals surface area (Å²) < 4.78 is 5.30. The van der Waals surface area contributed by atoms with Crippen molar-refractivity contribution in [3.8, 4) is 0 Å². The first-order chi connectivity index (χ1) is 9.97. The molecule has 21 heavy (non-hydrogen) atoms. The summed E-state index contributed by atoms with van der Waals surface area (Å²) in [4.78, 5) is 4.69. The zero-order valence-corrected chi connectivity index (χ0v) is 13.7. The topological polar surface area (TPSA) is 58.9 Å². The molecule has 0 radical (unpaired) electrons. The third kappa shape index (κ3) is 3.54. The number of methoxy groups -OCH3 is 1. The van der Waals surface area contributed by atoms with E-state index in [1.54, 1.807) is 7.11 Å². The van der Waals surface area contributed by atoms with E-state index in [-0.39, 0.29) is 17.8 Å². The summed E-state index contributed by atoms with van der Waals surface area (Å²) in [5, 5.41) is 19.2. The van der Waals surface area contributed by atoms with Gasteiger partial charge in [-0.2, -0.15) is 0 Å². The second-order valence-electron chi connectivity index (χ2n) is 7.25. The van der Waals surface area contributed by atoms with Gasteiger partial charge >= 0.3 is 0 Å². The Morgan fingerprint density at radius 1 is 1.14 bits per heavy atom. The minimum absolute atomic E-state index is 0.219. The summed E-state index contributed by atoms with van der Waals surface area (Å²) >= 11 is 0. The Balaban J connectivity index is 2.09. The van der Waals surface area contributed by atoms with Gasteiger partial charge in [-0.3, -0.25) is 5.26 Å². The molecule has 2 aliphatic carbocycles. The molecule has 0 amide bonds. The van der Waals surface area contributed by atoms with E-state index < -0.39 is 0 Å². The predicted molar refractivity (Wildman–Crippen MR) is 81.7 cm³/mol. The molecule has 0 heterocycles. The highest BCUT2D eigenvalue weighted by Gasteiger charge is 2.41. The fourth-order valence-corrected chi connectivity index (χ4v) is 4.37. The molecule has 0 bridgehead atoms. The maximum atomic E-state index is 9.93. The molecule has 4 nitrogen and oxygen atoms in total. The maximum absolute atomic E-state index is 9.93. The lowest BCUT2D eigenvalue weighted by Crippen LogP contribution is -2.39. The van der Waals surface area contributed by atoms with Crippen LogP contribution in [0, 0.1) is 29.6 Å². The number of aliphatic hydroxyl groups is 1. The lowest BCUT2D eigenvalue weighted by Gasteiger charge is -2.43. The summed E-state index contributed by atoms with van der Waals surface area (Å²) in [6, 6.07) is 0. The SMILES string of the molecule is COC1=C(O)CC(OO)[C@H](C2CCC(C(C)C)C[C@H]2C)C1.